The van der Waals surface area contributed by atoms with Gasteiger partial charge in [0.1, 0.15) is 12.6 Å². The van der Waals surface area contributed by atoms with E-state index in [-0.39, 0.29) is 34.2 Å². The molecule has 0 bridgehead atoms. The minimum atomic E-state index is -3.87. The van der Waals surface area contributed by atoms with Crippen molar-refractivity contribution in [3.8, 4) is 0 Å². The van der Waals surface area contributed by atoms with Crippen LogP contribution < -0.4 is 9.62 Å². The number of amides is 2. The number of halogens is 2. The van der Waals surface area contributed by atoms with Crippen LogP contribution in [0.2, 0.25) is 10.0 Å². The Morgan fingerprint density at radius 3 is 2.06 bits per heavy atom. The molecule has 0 aliphatic rings. The lowest BCUT2D eigenvalue weighted by Gasteiger charge is -2.33. The van der Waals surface area contributed by atoms with Crippen LogP contribution in [0.15, 0.2) is 42.5 Å². The second-order valence-corrected chi connectivity index (χ2v) is 11.4. The Kier molecular flexibility index (Phi) is 10.4. The van der Waals surface area contributed by atoms with Gasteiger partial charge in [0.05, 0.1) is 11.9 Å². The number of benzene rings is 2. The number of anilines is 1. The van der Waals surface area contributed by atoms with E-state index in [1.165, 1.54) is 23.1 Å². The van der Waals surface area contributed by atoms with Crippen LogP contribution in [-0.4, -0.2) is 50.0 Å². The smallest absolute Gasteiger partial charge is 0.244 e. The molecule has 0 radical (unpaired) electrons. The van der Waals surface area contributed by atoms with Crippen molar-refractivity contribution in [3.63, 3.8) is 0 Å². The Bertz CT molecular complexity index is 1120. The summed E-state index contributed by atoms with van der Waals surface area (Å²) in [4.78, 5) is 28.2. The van der Waals surface area contributed by atoms with E-state index in [1.54, 1.807) is 0 Å². The molecule has 0 saturated heterocycles. The minimum Gasteiger partial charge on any atom is -0.352 e. The molecule has 7 nitrogen and oxygen atoms in total. The van der Waals surface area contributed by atoms with E-state index in [2.05, 4.69) is 5.32 Å². The molecule has 2 rings (SSSR count). The molecule has 2 amide bonds. The average Bonchev–Trinajstić information content (AvgIpc) is 2.76. The molecule has 0 heterocycles. The molecule has 2 atom stereocenters. The number of nitrogens with one attached hydrogen (secondary N) is 1. The van der Waals surface area contributed by atoms with Gasteiger partial charge in [-0.25, -0.2) is 8.42 Å². The predicted molar refractivity (Wildman–Crippen MR) is 142 cm³/mol. The van der Waals surface area contributed by atoms with Crippen LogP contribution in [0.4, 0.5) is 5.69 Å². The first-order valence-corrected chi connectivity index (χ1v) is 14.0. The second-order valence-electron chi connectivity index (χ2n) is 8.65. The van der Waals surface area contributed by atoms with Gasteiger partial charge < -0.3 is 10.2 Å². The first-order valence-electron chi connectivity index (χ1n) is 11.4. The van der Waals surface area contributed by atoms with Crippen molar-refractivity contribution in [3.05, 3.63) is 63.6 Å². The third kappa shape index (κ3) is 8.40. The largest absolute Gasteiger partial charge is 0.352 e. The monoisotopic (exact) mass is 541 g/mol. The highest BCUT2D eigenvalue weighted by molar-refractivity contribution is 7.92. The average molecular weight is 543 g/mol. The van der Waals surface area contributed by atoms with Crippen molar-refractivity contribution in [2.45, 2.75) is 59.2 Å². The molecule has 192 valence electrons. The maximum absolute atomic E-state index is 13.6. The number of hydrogen-bond acceptors (Lipinski definition) is 4. The molecule has 2 unspecified atom stereocenters. The molecule has 0 saturated carbocycles. The number of carbonyl (C=O) groups excluding carboxylic acids is 2. The number of sulfonamides is 1. The molecule has 0 aliphatic heterocycles. The van der Waals surface area contributed by atoms with Crippen LogP contribution >= 0.6 is 23.2 Å². The summed E-state index contributed by atoms with van der Waals surface area (Å²) in [7, 11) is -3.87. The third-order valence-electron chi connectivity index (χ3n) is 5.67. The van der Waals surface area contributed by atoms with Gasteiger partial charge in [0.15, 0.2) is 0 Å². The lowest BCUT2D eigenvalue weighted by molar-refractivity contribution is -0.140. The number of carbonyl (C=O) groups is 2. The zero-order chi connectivity index (χ0) is 26.3. The first kappa shape index (κ1) is 28.9. The summed E-state index contributed by atoms with van der Waals surface area (Å²) >= 11 is 12.2. The van der Waals surface area contributed by atoms with Crippen molar-refractivity contribution in [1.29, 1.82) is 0 Å². The van der Waals surface area contributed by atoms with Crippen LogP contribution in [0.25, 0.3) is 0 Å². The van der Waals surface area contributed by atoms with Crippen molar-refractivity contribution in [2.75, 3.05) is 17.1 Å². The van der Waals surface area contributed by atoms with E-state index in [0.29, 0.717) is 6.42 Å². The summed E-state index contributed by atoms with van der Waals surface area (Å²) in [5, 5.41) is 3.42. The van der Waals surface area contributed by atoms with Crippen molar-refractivity contribution in [2.24, 2.45) is 0 Å². The molecule has 10 heteroatoms. The Morgan fingerprint density at radius 2 is 1.57 bits per heavy atom. The predicted octanol–water partition coefficient (Wildman–Crippen LogP) is 4.79. The molecule has 0 spiro atoms. The Labute approximate surface area is 218 Å². The summed E-state index contributed by atoms with van der Waals surface area (Å²) < 4.78 is 26.3. The Balaban J connectivity index is 2.46. The first-order chi connectivity index (χ1) is 16.3. The normalized spacial score (nSPS) is 13.1. The maximum atomic E-state index is 13.6. The molecule has 0 fully saturated rings. The quantitative estimate of drug-likeness (QED) is 0.443. The molecular weight excluding hydrogens is 509 g/mol. The van der Waals surface area contributed by atoms with Gasteiger partial charge >= 0.3 is 0 Å². The minimum absolute atomic E-state index is 0.0611. The summed E-state index contributed by atoms with van der Waals surface area (Å²) in [6.07, 6.45) is 2.11. The van der Waals surface area contributed by atoms with Crippen molar-refractivity contribution in [1.82, 2.24) is 10.2 Å². The molecule has 35 heavy (non-hydrogen) atoms. The maximum Gasteiger partial charge on any atom is 0.244 e. The fourth-order valence-corrected chi connectivity index (χ4v) is 4.90. The Morgan fingerprint density at radius 1 is 1.00 bits per heavy atom. The van der Waals surface area contributed by atoms with Gasteiger partial charge in [0, 0.05) is 22.6 Å². The molecule has 0 aliphatic carbocycles. The van der Waals surface area contributed by atoms with Gasteiger partial charge in [-0.3, -0.25) is 13.9 Å². The van der Waals surface area contributed by atoms with E-state index in [0.717, 1.165) is 28.1 Å². The van der Waals surface area contributed by atoms with Gasteiger partial charge in [-0.1, -0.05) is 66.9 Å². The molecule has 2 aromatic rings. The van der Waals surface area contributed by atoms with Gasteiger partial charge in [0.25, 0.3) is 0 Å². The fraction of sp³-hybridized carbons (Fsp3) is 0.440. The van der Waals surface area contributed by atoms with Gasteiger partial charge in [-0.15, -0.1) is 0 Å². The van der Waals surface area contributed by atoms with Crippen LogP contribution in [0, 0.1) is 6.92 Å². The van der Waals surface area contributed by atoms with Crippen molar-refractivity contribution >= 4 is 50.7 Å². The van der Waals surface area contributed by atoms with E-state index in [1.807, 2.05) is 52.0 Å². The SMILES string of the molecule is CCC(C)NC(=O)C(CC)N(Cc1ccc(C)cc1)C(=O)CN(c1cc(Cl)cc(Cl)c1)S(C)(=O)=O. The topological polar surface area (TPSA) is 86.8 Å². The zero-order valence-corrected chi connectivity index (χ0v) is 23.0. The number of hydrogen-bond donors (Lipinski definition) is 1. The molecule has 0 aromatic heterocycles. The third-order valence-corrected chi connectivity index (χ3v) is 7.25. The van der Waals surface area contributed by atoms with E-state index in [9.17, 15) is 18.0 Å². The van der Waals surface area contributed by atoms with Crippen LogP contribution in [-0.2, 0) is 26.2 Å². The molecule has 2 aromatic carbocycles. The Hall–Kier alpha value is -2.29. The van der Waals surface area contributed by atoms with Crippen molar-refractivity contribution < 1.29 is 18.0 Å². The summed E-state index contributed by atoms with van der Waals surface area (Å²) in [6, 6.07) is 11.1. The highest BCUT2D eigenvalue weighted by Crippen LogP contribution is 2.27. The van der Waals surface area contributed by atoms with E-state index >= 15 is 0 Å². The lowest BCUT2D eigenvalue weighted by Crippen LogP contribution is -2.53. The van der Waals surface area contributed by atoms with Gasteiger partial charge in [-0.05, 0) is 50.5 Å². The molecule has 1 N–H and O–H groups in total. The van der Waals surface area contributed by atoms with Gasteiger partial charge in [-0.2, -0.15) is 0 Å². The van der Waals surface area contributed by atoms with Crippen LogP contribution in [0.3, 0.4) is 0 Å². The van der Waals surface area contributed by atoms with Gasteiger partial charge in [0.2, 0.25) is 21.8 Å². The fourth-order valence-electron chi connectivity index (χ4n) is 3.55. The second kappa shape index (κ2) is 12.6. The summed E-state index contributed by atoms with van der Waals surface area (Å²) in [5.41, 5.74) is 2.07. The van der Waals surface area contributed by atoms with E-state index in [4.69, 9.17) is 23.2 Å². The molecular formula is C25H33Cl2N3O4S. The number of aryl methyl sites for hydroxylation is 1. The number of nitrogens with zero attached hydrogens (tertiary/aromatic N) is 2. The van der Waals surface area contributed by atoms with Crippen LogP contribution in [0.1, 0.15) is 44.7 Å². The summed E-state index contributed by atoms with van der Waals surface area (Å²) in [5.74, 6) is -0.794. The number of rotatable bonds is 11. The summed E-state index contributed by atoms with van der Waals surface area (Å²) in [6.45, 7) is 7.28. The standard InChI is InChI=1S/C25H33Cl2N3O4S/c1-6-18(4)28-25(32)23(7-2)29(15-19-10-8-17(3)9-11-19)24(31)16-30(35(5,33)34)22-13-20(26)12-21(27)14-22/h8-14,18,23H,6-7,15-16H2,1-5H3,(H,28,32). The van der Waals surface area contributed by atoms with Crippen LogP contribution in [0.5, 0.6) is 0 Å². The lowest BCUT2D eigenvalue weighted by atomic mass is 10.1. The zero-order valence-electron chi connectivity index (χ0n) is 20.7. The highest BCUT2D eigenvalue weighted by Gasteiger charge is 2.32. The van der Waals surface area contributed by atoms with E-state index < -0.39 is 28.5 Å². The highest BCUT2D eigenvalue weighted by atomic mass is 35.5.